The lowest BCUT2D eigenvalue weighted by Gasteiger charge is -2.36. The van der Waals surface area contributed by atoms with Crippen LogP contribution in [0, 0.1) is 11.8 Å². The second-order valence-electron chi connectivity index (χ2n) is 5.94. The van der Waals surface area contributed by atoms with Crippen LogP contribution < -0.4 is 5.32 Å². The summed E-state index contributed by atoms with van der Waals surface area (Å²) in [4.78, 5) is 4.32. The van der Waals surface area contributed by atoms with Gasteiger partial charge in [0.1, 0.15) is 0 Å². The fourth-order valence-corrected chi connectivity index (χ4v) is 3.40. The van der Waals surface area contributed by atoms with Crippen molar-refractivity contribution in [3.05, 3.63) is 30.1 Å². The smallest absolute Gasteiger partial charge is 0.0302 e. The largest absolute Gasteiger partial charge is 0.316 e. The minimum absolute atomic E-state index is 0.705. The van der Waals surface area contributed by atoms with Crippen LogP contribution in [0.2, 0.25) is 0 Å². The normalized spacial score (nSPS) is 27.4. The molecular formula is C17H28N2. The topological polar surface area (TPSA) is 24.9 Å². The van der Waals surface area contributed by atoms with Crippen LogP contribution in [0.5, 0.6) is 0 Å². The highest BCUT2D eigenvalue weighted by Gasteiger charge is 2.30. The van der Waals surface area contributed by atoms with E-state index in [0.717, 1.165) is 18.4 Å². The number of hydrogen-bond acceptors (Lipinski definition) is 2. The molecule has 1 saturated carbocycles. The van der Waals surface area contributed by atoms with E-state index in [-0.39, 0.29) is 0 Å². The van der Waals surface area contributed by atoms with Crippen molar-refractivity contribution in [3.8, 4) is 0 Å². The summed E-state index contributed by atoms with van der Waals surface area (Å²) in [6, 6.07) is 4.35. The second kappa shape index (κ2) is 7.64. The average molecular weight is 260 g/mol. The molecule has 1 N–H and O–H groups in total. The summed E-state index contributed by atoms with van der Waals surface area (Å²) < 4.78 is 0. The van der Waals surface area contributed by atoms with Gasteiger partial charge in [-0.25, -0.2) is 0 Å². The SMILES string of the molecule is CCCNCC1CCC(CC)CC1c1cccnc1. The van der Waals surface area contributed by atoms with Crippen molar-refractivity contribution in [1.82, 2.24) is 10.3 Å². The average Bonchev–Trinajstić information content (AvgIpc) is 2.48. The molecule has 1 fully saturated rings. The minimum atomic E-state index is 0.705. The van der Waals surface area contributed by atoms with Crippen molar-refractivity contribution in [1.29, 1.82) is 0 Å². The second-order valence-corrected chi connectivity index (χ2v) is 5.94. The van der Waals surface area contributed by atoms with Gasteiger partial charge in [0.2, 0.25) is 0 Å². The molecule has 1 heterocycles. The van der Waals surface area contributed by atoms with Gasteiger partial charge in [-0.15, -0.1) is 0 Å². The van der Waals surface area contributed by atoms with Crippen molar-refractivity contribution < 1.29 is 0 Å². The molecule has 19 heavy (non-hydrogen) atoms. The molecule has 2 nitrogen and oxygen atoms in total. The molecule has 0 bridgehead atoms. The third-order valence-electron chi connectivity index (χ3n) is 4.63. The Hall–Kier alpha value is -0.890. The summed E-state index contributed by atoms with van der Waals surface area (Å²) in [6.07, 6.45) is 10.6. The molecule has 0 radical (unpaired) electrons. The van der Waals surface area contributed by atoms with E-state index in [9.17, 15) is 0 Å². The summed E-state index contributed by atoms with van der Waals surface area (Å²) in [5.74, 6) is 2.41. The minimum Gasteiger partial charge on any atom is -0.316 e. The maximum Gasteiger partial charge on any atom is 0.0302 e. The van der Waals surface area contributed by atoms with E-state index in [1.807, 2.05) is 6.20 Å². The fraction of sp³-hybridized carbons (Fsp3) is 0.706. The van der Waals surface area contributed by atoms with Gasteiger partial charge in [-0.3, -0.25) is 4.98 Å². The lowest BCUT2D eigenvalue weighted by molar-refractivity contribution is 0.225. The number of nitrogens with one attached hydrogen (secondary N) is 1. The van der Waals surface area contributed by atoms with Gasteiger partial charge in [0.05, 0.1) is 0 Å². The molecule has 1 aromatic heterocycles. The van der Waals surface area contributed by atoms with Gasteiger partial charge >= 0.3 is 0 Å². The fourth-order valence-electron chi connectivity index (χ4n) is 3.40. The van der Waals surface area contributed by atoms with Crippen molar-refractivity contribution in [2.75, 3.05) is 13.1 Å². The van der Waals surface area contributed by atoms with Crippen molar-refractivity contribution >= 4 is 0 Å². The standard InChI is InChI=1S/C17H28N2/c1-3-9-18-13-16-8-7-14(4-2)11-17(16)15-6-5-10-19-12-15/h5-6,10,12,14,16-18H,3-4,7-9,11,13H2,1-2H3. The maximum atomic E-state index is 4.32. The van der Waals surface area contributed by atoms with Crippen LogP contribution in [0.1, 0.15) is 57.4 Å². The lowest BCUT2D eigenvalue weighted by Crippen LogP contribution is -2.32. The molecule has 0 saturated heterocycles. The number of hydrogen-bond donors (Lipinski definition) is 1. The van der Waals surface area contributed by atoms with Crippen LogP contribution in [0.3, 0.4) is 0 Å². The highest BCUT2D eigenvalue weighted by Crippen LogP contribution is 2.41. The monoisotopic (exact) mass is 260 g/mol. The summed E-state index contributed by atoms with van der Waals surface area (Å²) in [6.45, 7) is 6.89. The van der Waals surface area contributed by atoms with Gasteiger partial charge in [0, 0.05) is 12.4 Å². The Labute approximate surface area is 118 Å². The van der Waals surface area contributed by atoms with Gasteiger partial charge in [0.15, 0.2) is 0 Å². The number of aromatic nitrogens is 1. The Kier molecular flexibility index (Phi) is 5.84. The van der Waals surface area contributed by atoms with Gasteiger partial charge in [-0.2, -0.15) is 0 Å². The van der Waals surface area contributed by atoms with E-state index in [0.29, 0.717) is 5.92 Å². The van der Waals surface area contributed by atoms with Crippen LogP contribution in [-0.4, -0.2) is 18.1 Å². The van der Waals surface area contributed by atoms with Crippen LogP contribution >= 0.6 is 0 Å². The van der Waals surface area contributed by atoms with Crippen LogP contribution in [0.15, 0.2) is 24.5 Å². The molecule has 0 amide bonds. The van der Waals surface area contributed by atoms with Crippen molar-refractivity contribution in [2.24, 2.45) is 11.8 Å². The summed E-state index contributed by atoms with van der Waals surface area (Å²) in [5.41, 5.74) is 1.45. The molecule has 1 aromatic rings. The molecule has 3 unspecified atom stereocenters. The maximum absolute atomic E-state index is 4.32. The molecule has 0 aromatic carbocycles. The molecular weight excluding hydrogens is 232 g/mol. The molecule has 1 aliphatic rings. The van der Waals surface area contributed by atoms with E-state index in [1.54, 1.807) is 0 Å². The molecule has 2 rings (SSSR count). The first kappa shape index (κ1) is 14.5. The lowest BCUT2D eigenvalue weighted by atomic mass is 9.70. The molecule has 3 atom stereocenters. The predicted molar refractivity (Wildman–Crippen MR) is 81.3 cm³/mol. The molecule has 0 aliphatic heterocycles. The van der Waals surface area contributed by atoms with Gasteiger partial charge in [0.25, 0.3) is 0 Å². The van der Waals surface area contributed by atoms with Gasteiger partial charge in [-0.1, -0.05) is 32.8 Å². The Morgan fingerprint density at radius 1 is 1.32 bits per heavy atom. The highest BCUT2D eigenvalue weighted by atomic mass is 14.9. The number of pyridine rings is 1. The van der Waals surface area contributed by atoms with E-state index in [2.05, 4.69) is 42.5 Å². The molecule has 106 valence electrons. The van der Waals surface area contributed by atoms with Crippen LogP contribution in [-0.2, 0) is 0 Å². The summed E-state index contributed by atoms with van der Waals surface area (Å²) in [7, 11) is 0. The van der Waals surface area contributed by atoms with Gasteiger partial charge < -0.3 is 5.32 Å². The predicted octanol–water partition coefficient (Wildman–Crippen LogP) is 3.99. The van der Waals surface area contributed by atoms with Gasteiger partial charge in [-0.05, 0) is 61.7 Å². The first-order valence-corrected chi connectivity index (χ1v) is 7.95. The quantitative estimate of drug-likeness (QED) is 0.782. The third-order valence-corrected chi connectivity index (χ3v) is 4.63. The van der Waals surface area contributed by atoms with Crippen LogP contribution in [0.25, 0.3) is 0 Å². The van der Waals surface area contributed by atoms with Crippen LogP contribution in [0.4, 0.5) is 0 Å². The third kappa shape index (κ3) is 4.04. The summed E-state index contributed by atoms with van der Waals surface area (Å²) in [5, 5.41) is 3.62. The van der Waals surface area contributed by atoms with E-state index < -0.39 is 0 Å². The zero-order valence-corrected chi connectivity index (χ0v) is 12.4. The van der Waals surface area contributed by atoms with Crippen molar-refractivity contribution in [3.63, 3.8) is 0 Å². The van der Waals surface area contributed by atoms with Crippen molar-refractivity contribution in [2.45, 2.75) is 51.9 Å². The van der Waals surface area contributed by atoms with E-state index in [4.69, 9.17) is 0 Å². The summed E-state index contributed by atoms with van der Waals surface area (Å²) >= 11 is 0. The number of rotatable bonds is 6. The number of nitrogens with zero attached hydrogens (tertiary/aromatic N) is 1. The zero-order chi connectivity index (χ0) is 13.5. The Morgan fingerprint density at radius 3 is 2.89 bits per heavy atom. The zero-order valence-electron chi connectivity index (χ0n) is 12.4. The Bertz CT molecular complexity index is 348. The first-order valence-electron chi connectivity index (χ1n) is 7.95. The molecule has 0 spiro atoms. The molecule has 2 heteroatoms. The first-order chi connectivity index (χ1) is 9.35. The Morgan fingerprint density at radius 2 is 2.21 bits per heavy atom. The molecule has 1 aliphatic carbocycles. The van der Waals surface area contributed by atoms with E-state index in [1.165, 1.54) is 44.2 Å². The Balaban J connectivity index is 2.03. The highest BCUT2D eigenvalue weighted by molar-refractivity contribution is 5.17. The van der Waals surface area contributed by atoms with E-state index >= 15 is 0 Å².